The Bertz CT molecular complexity index is 606. The van der Waals surface area contributed by atoms with Crippen LogP contribution in [0.15, 0.2) is 54.6 Å². The Hall–Kier alpha value is -2.62. The maximum absolute atomic E-state index is 11.8. The van der Waals surface area contributed by atoms with Gasteiger partial charge in [-0.25, -0.2) is 4.79 Å². The third-order valence-corrected chi connectivity index (χ3v) is 2.94. The summed E-state index contributed by atoms with van der Waals surface area (Å²) in [6, 6.07) is 16.0. The summed E-state index contributed by atoms with van der Waals surface area (Å²) in [5.41, 5.74) is 2.20. The number of hydrogen-bond donors (Lipinski definition) is 1. The highest BCUT2D eigenvalue weighted by Gasteiger charge is 2.07. The highest BCUT2D eigenvalue weighted by Crippen LogP contribution is 2.03. The number of carbonyl (C=O) groups excluding carboxylic acids is 2. The van der Waals surface area contributed by atoms with Crippen molar-refractivity contribution in [2.75, 3.05) is 13.2 Å². The lowest BCUT2D eigenvalue weighted by Crippen LogP contribution is -2.28. The van der Waals surface area contributed by atoms with Gasteiger partial charge in [0.25, 0.3) is 5.91 Å². The second-order valence-corrected chi connectivity index (χ2v) is 4.62. The molecule has 0 atom stereocenters. The summed E-state index contributed by atoms with van der Waals surface area (Å²) in [6.45, 7) is 2.39. The molecule has 4 heteroatoms. The fourth-order valence-electron chi connectivity index (χ4n) is 1.77. The molecule has 0 bridgehead atoms. The van der Waals surface area contributed by atoms with Gasteiger partial charge in [0.2, 0.25) is 0 Å². The molecule has 4 nitrogen and oxygen atoms in total. The maximum atomic E-state index is 11.8. The van der Waals surface area contributed by atoms with Crippen molar-refractivity contribution in [3.8, 4) is 0 Å². The minimum atomic E-state index is -0.389. The van der Waals surface area contributed by atoms with Gasteiger partial charge in [-0.05, 0) is 31.2 Å². The lowest BCUT2D eigenvalue weighted by molar-refractivity contribution is 0.0503. The number of rotatable bonds is 5. The van der Waals surface area contributed by atoms with Gasteiger partial charge < -0.3 is 10.1 Å². The van der Waals surface area contributed by atoms with E-state index in [0.29, 0.717) is 11.1 Å². The predicted octanol–water partition coefficient (Wildman–Crippen LogP) is 2.58. The first-order valence-electron chi connectivity index (χ1n) is 6.74. The van der Waals surface area contributed by atoms with Gasteiger partial charge in [0.15, 0.2) is 0 Å². The van der Waals surface area contributed by atoms with Gasteiger partial charge >= 0.3 is 5.97 Å². The van der Waals surface area contributed by atoms with Crippen molar-refractivity contribution in [1.82, 2.24) is 5.32 Å². The first kappa shape index (κ1) is 14.8. The van der Waals surface area contributed by atoms with Crippen LogP contribution in [0.1, 0.15) is 26.3 Å². The molecular formula is C17H17NO3. The molecule has 0 spiro atoms. The van der Waals surface area contributed by atoms with E-state index < -0.39 is 0 Å². The number of hydrogen-bond acceptors (Lipinski definition) is 3. The van der Waals surface area contributed by atoms with Gasteiger partial charge in [0.1, 0.15) is 6.61 Å². The summed E-state index contributed by atoms with van der Waals surface area (Å²) in [7, 11) is 0. The van der Waals surface area contributed by atoms with E-state index in [1.807, 2.05) is 25.1 Å². The fraction of sp³-hybridized carbons (Fsp3) is 0.176. The summed E-state index contributed by atoms with van der Waals surface area (Å²) in [5.74, 6) is -0.564. The quantitative estimate of drug-likeness (QED) is 0.678. The molecule has 0 saturated heterocycles. The average Bonchev–Trinajstić information content (AvgIpc) is 2.52. The Labute approximate surface area is 123 Å². The molecule has 0 fully saturated rings. The van der Waals surface area contributed by atoms with Gasteiger partial charge in [-0.1, -0.05) is 35.9 Å². The van der Waals surface area contributed by atoms with Crippen LogP contribution in [0.2, 0.25) is 0 Å². The molecule has 1 amide bonds. The minimum absolute atomic E-state index is 0.144. The normalized spacial score (nSPS) is 9.95. The van der Waals surface area contributed by atoms with Crippen molar-refractivity contribution in [1.29, 1.82) is 0 Å². The molecule has 2 aromatic rings. The standard InChI is InChI=1S/C17H17NO3/c1-13-7-9-14(10-8-13)16(19)18-11-12-21-17(20)15-5-3-2-4-6-15/h2-10H,11-12H2,1H3,(H,18,19). The van der Waals surface area contributed by atoms with Crippen LogP contribution in [0.3, 0.4) is 0 Å². The van der Waals surface area contributed by atoms with E-state index in [-0.39, 0.29) is 25.0 Å². The predicted molar refractivity (Wildman–Crippen MR) is 80.2 cm³/mol. The van der Waals surface area contributed by atoms with E-state index in [1.165, 1.54) is 0 Å². The van der Waals surface area contributed by atoms with Crippen LogP contribution >= 0.6 is 0 Å². The van der Waals surface area contributed by atoms with E-state index in [2.05, 4.69) is 5.32 Å². The van der Waals surface area contributed by atoms with Crippen LogP contribution < -0.4 is 5.32 Å². The Morgan fingerprint density at radius 2 is 1.62 bits per heavy atom. The Balaban J connectivity index is 1.73. The second-order valence-electron chi connectivity index (χ2n) is 4.62. The van der Waals surface area contributed by atoms with Gasteiger partial charge in [-0.3, -0.25) is 4.79 Å². The summed E-state index contributed by atoms with van der Waals surface area (Å²) < 4.78 is 5.08. The minimum Gasteiger partial charge on any atom is -0.460 e. The fourth-order valence-corrected chi connectivity index (χ4v) is 1.77. The number of benzene rings is 2. The van der Waals surface area contributed by atoms with Crippen LogP contribution in [0, 0.1) is 6.92 Å². The lowest BCUT2D eigenvalue weighted by Gasteiger charge is -2.07. The van der Waals surface area contributed by atoms with Gasteiger partial charge in [-0.2, -0.15) is 0 Å². The van der Waals surface area contributed by atoms with Crippen LogP contribution in [0.25, 0.3) is 0 Å². The number of aryl methyl sites for hydroxylation is 1. The molecule has 0 heterocycles. The molecule has 0 saturated carbocycles. The molecule has 0 aromatic heterocycles. The molecule has 0 radical (unpaired) electrons. The van der Waals surface area contributed by atoms with Gasteiger partial charge in [0.05, 0.1) is 12.1 Å². The van der Waals surface area contributed by atoms with Crippen molar-refractivity contribution in [2.24, 2.45) is 0 Å². The zero-order valence-electron chi connectivity index (χ0n) is 11.8. The summed E-state index contributed by atoms with van der Waals surface area (Å²) in [4.78, 5) is 23.5. The first-order chi connectivity index (χ1) is 10.2. The zero-order chi connectivity index (χ0) is 15.1. The highest BCUT2D eigenvalue weighted by atomic mass is 16.5. The Kier molecular flexibility index (Phi) is 5.10. The number of nitrogens with one attached hydrogen (secondary N) is 1. The van der Waals surface area contributed by atoms with E-state index >= 15 is 0 Å². The highest BCUT2D eigenvalue weighted by molar-refractivity contribution is 5.94. The topological polar surface area (TPSA) is 55.4 Å². The number of amides is 1. The van der Waals surface area contributed by atoms with Gasteiger partial charge in [0, 0.05) is 5.56 Å². The second kappa shape index (κ2) is 7.24. The number of esters is 1. The van der Waals surface area contributed by atoms with Crippen molar-refractivity contribution >= 4 is 11.9 Å². The van der Waals surface area contributed by atoms with Crippen LogP contribution in [-0.4, -0.2) is 25.0 Å². The lowest BCUT2D eigenvalue weighted by atomic mass is 10.1. The Morgan fingerprint density at radius 3 is 2.29 bits per heavy atom. The largest absolute Gasteiger partial charge is 0.460 e. The third kappa shape index (κ3) is 4.45. The van der Waals surface area contributed by atoms with Crippen molar-refractivity contribution in [3.63, 3.8) is 0 Å². The molecule has 0 aliphatic rings. The Morgan fingerprint density at radius 1 is 0.952 bits per heavy atom. The zero-order valence-corrected chi connectivity index (χ0v) is 11.8. The molecular weight excluding hydrogens is 266 g/mol. The average molecular weight is 283 g/mol. The summed E-state index contributed by atoms with van der Waals surface area (Å²) >= 11 is 0. The maximum Gasteiger partial charge on any atom is 0.338 e. The third-order valence-electron chi connectivity index (χ3n) is 2.94. The van der Waals surface area contributed by atoms with Crippen LogP contribution in [0.5, 0.6) is 0 Å². The SMILES string of the molecule is Cc1ccc(C(=O)NCCOC(=O)c2ccccc2)cc1. The number of ether oxygens (including phenoxy) is 1. The smallest absolute Gasteiger partial charge is 0.338 e. The van der Waals surface area contributed by atoms with E-state index in [4.69, 9.17) is 4.74 Å². The summed E-state index contributed by atoms with van der Waals surface area (Å²) in [5, 5.41) is 2.71. The van der Waals surface area contributed by atoms with E-state index in [1.54, 1.807) is 36.4 Å². The molecule has 2 rings (SSSR count). The molecule has 108 valence electrons. The number of carbonyl (C=O) groups is 2. The van der Waals surface area contributed by atoms with Crippen LogP contribution in [0.4, 0.5) is 0 Å². The molecule has 21 heavy (non-hydrogen) atoms. The van der Waals surface area contributed by atoms with Crippen LogP contribution in [-0.2, 0) is 4.74 Å². The molecule has 0 unspecified atom stereocenters. The first-order valence-corrected chi connectivity index (χ1v) is 6.74. The van der Waals surface area contributed by atoms with Crippen molar-refractivity contribution in [2.45, 2.75) is 6.92 Å². The summed E-state index contributed by atoms with van der Waals surface area (Å²) in [6.07, 6.45) is 0. The van der Waals surface area contributed by atoms with E-state index in [9.17, 15) is 9.59 Å². The van der Waals surface area contributed by atoms with E-state index in [0.717, 1.165) is 5.56 Å². The van der Waals surface area contributed by atoms with Crippen molar-refractivity contribution in [3.05, 3.63) is 71.3 Å². The molecule has 1 N–H and O–H groups in total. The monoisotopic (exact) mass is 283 g/mol. The molecule has 0 aliphatic carbocycles. The van der Waals surface area contributed by atoms with Crippen molar-refractivity contribution < 1.29 is 14.3 Å². The van der Waals surface area contributed by atoms with Gasteiger partial charge in [-0.15, -0.1) is 0 Å². The molecule has 0 aliphatic heterocycles. The molecule has 2 aromatic carbocycles.